The molecule has 1 heterocycles. The van der Waals surface area contributed by atoms with Gasteiger partial charge >= 0.3 is 0 Å². The Morgan fingerprint density at radius 3 is 2.78 bits per heavy atom. The van der Waals surface area contributed by atoms with Crippen molar-refractivity contribution in [3.63, 3.8) is 0 Å². The van der Waals surface area contributed by atoms with E-state index in [1.54, 1.807) is 26.1 Å². The van der Waals surface area contributed by atoms with E-state index in [0.717, 1.165) is 13.1 Å². The average Bonchev–Trinajstić information content (AvgIpc) is 2.54. The number of likely N-dealkylation sites (N-methyl/N-ethyl adjacent to an activating group) is 1. The van der Waals surface area contributed by atoms with Crippen molar-refractivity contribution in [2.45, 2.75) is 18.9 Å². The quantitative estimate of drug-likeness (QED) is 0.851. The summed E-state index contributed by atoms with van der Waals surface area (Å²) in [6, 6.07) is 6.07. The summed E-state index contributed by atoms with van der Waals surface area (Å²) in [5.41, 5.74) is 0.643. The van der Waals surface area contributed by atoms with Gasteiger partial charge in [-0.2, -0.15) is 0 Å². The lowest BCUT2D eigenvalue weighted by Crippen LogP contribution is -2.45. The number of rotatable bonds is 6. The van der Waals surface area contributed by atoms with E-state index in [4.69, 9.17) is 4.74 Å². The SMILES string of the molecule is CC(C(=O)N(C)CC(O)CN1CCOCC1)c1cccc(F)c1. The first kappa shape index (κ1) is 17.8. The molecule has 1 aliphatic rings. The summed E-state index contributed by atoms with van der Waals surface area (Å²) in [5, 5.41) is 10.2. The van der Waals surface area contributed by atoms with Gasteiger partial charge in [0.25, 0.3) is 0 Å². The topological polar surface area (TPSA) is 53.0 Å². The molecule has 0 spiro atoms. The molecule has 1 aromatic carbocycles. The highest BCUT2D eigenvalue weighted by Gasteiger charge is 2.23. The van der Waals surface area contributed by atoms with E-state index in [-0.39, 0.29) is 18.3 Å². The highest BCUT2D eigenvalue weighted by Crippen LogP contribution is 2.18. The normalized spacial score (nSPS) is 18.4. The smallest absolute Gasteiger partial charge is 0.229 e. The van der Waals surface area contributed by atoms with Crippen LogP contribution < -0.4 is 0 Å². The minimum Gasteiger partial charge on any atom is -0.390 e. The molecule has 6 heteroatoms. The average molecular weight is 324 g/mol. The van der Waals surface area contributed by atoms with Crippen LogP contribution in [0.4, 0.5) is 4.39 Å². The summed E-state index contributed by atoms with van der Waals surface area (Å²) in [4.78, 5) is 16.1. The van der Waals surface area contributed by atoms with Crippen molar-refractivity contribution in [3.05, 3.63) is 35.6 Å². The number of carbonyl (C=O) groups excluding carboxylic acids is 1. The molecular formula is C17H25FN2O3. The van der Waals surface area contributed by atoms with Crippen LogP contribution in [0.1, 0.15) is 18.4 Å². The number of amides is 1. The van der Waals surface area contributed by atoms with Crippen LogP contribution in [0.3, 0.4) is 0 Å². The molecule has 2 unspecified atom stereocenters. The maximum Gasteiger partial charge on any atom is 0.229 e. The van der Waals surface area contributed by atoms with E-state index in [2.05, 4.69) is 4.90 Å². The highest BCUT2D eigenvalue weighted by atomic mass is 19.1. The Bertz CT molecular complexity index is 520. The van der Waals surface area contributed by atoms with Gasteiger partial charge < -0.3 is 14.7 Å². The van der Waals surface area contributed by atoms with Gasteiger partial charge in [-0.1, -0.05) is 12.1 Å². The number of hydrogen-bond donors (Lipinski definition) is 1. The van der Waals surface area contributed by atoms with Gasteiger partial charge in [0.2, 0.25) is 5.91 Å². The van der Waals surface area contributed by atoms with Crippen LogP contribution >= 0.6 is 0 Å². The molecule has 1 amide bonds. The zero-order chi connectivity index (χ0) is 16.8. The maximum atomic E-state index is 13.3. The van der Waals surface area contributed by atoms with Gasteiger partial charge in [-0.3, -0.25) is 9.69 Å². The number of β-amino-alcohol motifs (C(OH)–C–C–N with tert-alkyl or cyclic N) is 1. The van der Waals surface area contributed by atoms with Crippen molar-refractivity contribution < 1.29 is 19.0 Å². The molecule has 128 valence electrons. The number of halogens is 1. The lowest BCUT2D eigenvalue weighted by Gasteiger charge is -2.30. The fourth-order valence-corrected chi connectivity index (χ4v) is 2.79. The van der Waals surface area contributed by atoms with Gasteiger partial charge in [0.1, 0.15) is 5.82 Å². The molecule has 1 aromatic rings. The first-order valence-electron chi connectivity index (χ1n) is 7.96. The van der Waals surface area contributed by atoms with Crippen LogP contribution in [-0.4, -0.2) is 73.4 Å². The Morgan fingerprint density at radius 2 is 2.13 bits per heavy atom. The third-order valence-electron chi connectivity index (χ3n) is 4.15. The van der Waals surface area contributed by atoms with Gasteiger partial charge in [-0.15, -0.1) is 0 Å². The Kier molecular flexibility index (Phi) is 6.50. The van der Waals surface area contributed by atoms with Crippen molar-refractivity contribution >= 4 is 5.91 Å². The lowest BCUT2D eigenvalue weighted by atomic mass is 9.99. The summed E-state index contributed by atoms with van der Waals surface area (Å²) < 4.78 is 18.6. The number of ether oxygens (including phenoxy) is 1. The van der Waals surface area contributed by atoms with Crippen LogP contribution in [0.25, 0.3) is 0 Å². The molecule has 1 fully saturated rings. The van der Waals surface area contributed by atoms with E-state index >= 15 is 0 Å². The fourth-order valence-electron chi connectivity index (χ4n) is 2.79. The minimum atomic E-state index is -0.609. The summed E-state index contributed by atoms with van der Waals surface area (Å²) in [7, 11) is 1.67. The monoisotopic (exact) mass is 324 g/mol. The van der Waals surface area contributed by atoms with E-state index in [1.165, 1.54) is 17.0 Å². The first-order chi connectivity index (χ1) is 11.0. The van der Waals surface area contributed by atoms with Crippen LogP contribution in [0.2, 0.25) is 0 Å². The van der Waals surface area contributed by atoms with Crippen LogP contribution in [0.15, 0.2) is 24.3 Å². The van der Waals surface area contributed by atoms with Crippen molar-refractivity contribution in [2.75, 3.05) is 46.4 Å². The number of morpholine rings is 1. The van der Waals surface area contributed by atoms with Crippen molar-refractivity contribution in [1.29, 1.82) is 0 Å². The van der Waals surface area contributed by atoms with Crippen molar-refractivity contribution in [3.8, 4) is 0 Å². The Hall–Kier alpha value is -1.50. The third kappa shape index (κ3) is 5.27. The number of nitrogens with zero attached hydrogens (tertiary/aromatic N) is 2. The maximum absolute atomic E-state index is 13.3. The second kappa shape index (κ2) is 8.38. The Morgan fingerprint density at radius 1 is 1.43 bits per heavy atom. The number of hydrogen-bond acceptors (Lipinski definition) is 4. The Labute approximate surface area is 136 Å². The first-order valence-corrected chi connectivity index (χ1v) is 7.96. The highest BCUT2D eigenvalue weighted by molar-refractivity contribution is 5.83. The molecule has 0 radical (unpaired) electrons. The molecule has 0 aromatic heterocycles. The van der Waals surface area contributed by atoms with E-state index in [9.17, 15) is 14.3 Å². The van der Waals surface area contributed by atoms with Crippen molar-refractivity contribution in [2.24, 2.45) is 0 Å². The van der Waals surface area contributed by atoms with Gasteiger partial charge in [-0.05, 0) is 24.6 Å². The second-order valence-corrected chi connectivity index (χ2v) is 6.06. The molecular weight excluding hydrogens is 299 g/mol. The number of benzene rings is 1. The minimum absolute atomic E-state index is 0.128. The van der Waals surface area contributed by atoms with Crippen LogP contribution in [-0.2, 0) is 9.53 Å². The molecule has 23 heavy (non-hydrogen) atoms. The Balaban J connectivity index is 1.86. The predicted octanol–water partition coefficient (Wildman–Crippen LogP) is 1.08. The van der Waals surface area contributed by atoms with E-state index < -0.39 is 12.0 Å². The molecule has 1 aliphatic heterocycles. The largest absolute Gasteiger partial charge is 0.390 e. The number of carbonyl (C=O) groups is 1. The number of aliphatic hydroxyl groups is 1. The zero-order valence-corrected chi connectivity index (χ0v) is 13.7. The fraction of sp³-hybridized carbons (Fsp3) is 0.588. The molecule has 2 rings (SSSR count). The number of aliphatic hydroxyl groups excluding tert-OH is 1. The molecule has 1 saturated heterocycles. The predicted molar refractivity (Wildman–Crippen MR) is 85.7 cm³/mol. The molecule has 0 bridgehead atoms. The molecule has 2 atom stereocenters. The second-order valence-electron chi connectivity index (χ2n) is 6.06. The summed E-state index contributed by atoms with van der Waals surface area (Å²) in [6.45, 7) is 5.49. The van der Waals surface area contributed by atoms with Gasteiger partial charge in [0.15, 0.2) is 0 Å². The van der Waals surface area contributed by atoms with Gasteiger partial charge in [-0.25, -0.2) is 4.39 Å². The van der Waals surface area contributed by atoms with Crippen LogP contribution in [0, 0.1) is 5.82 Å². The summed E-state index contributed by atoms with van der Waals surface area (Å²) in [6.07, 6.45) is -0.609. The molecule has 5 nitrogen and oxygen atoms in total. The zero-order valence-electron chi connectivity index (χ0n) is 13.7. The molecule has 1 N–H and O–H groups in total. The summed E-state index contributed by atoms with van der Waals surface area (Å²) in [5.74, 6) is -0.917. The molecule has 0 aliphatic carbocycles. The van der Waals surface area contributed by atoms with E-state index in [0.29, 0.717) is 25.3 Å². The van der Waals surface area contributed by atoms with Gasteiger partial charge in [0, 0.05) is 33.2 Å². The standard InChI is InChI=1S/C17H25FN2O3/c1-13(14-4-3-5-15(18)10-14)17(22)19(2)11-16(21)12-20-6-8-23-9-7-20/h3-5,10,13,16,21H,6-9,11-12H2,1-2H3. The van der Waals surface area contributed by atoms with Crippen molar-refractivity contribution in [1.82, 2.24) is 9.80 Å². The third-order valence-corrected chi connectivity index (χ3v) is 4.15. The lowest BCUT2D eigenvalue weighted by molar-refractivity contribution is -0.132. The molecule has 0 saturated carbocycles. The van der Waals surface area contributed by atoms with Crippen LogP contribution in [0.5, 0.6) is 0 Å². The van der Waals surface area contributed by atoms with Gasteiger partial charge in [0.05, 0.1) is 25.2 Å². The summed E-state index contributed by atoms with van der Waals surface area (Å²) >= 11 is 0. The van der Waals surface area contributed by atoms with E-state index in [1.807, 2.05) is 0 Å².